The molecule has 0 amide bonds. The fourth-order valence-electron chi connectivity index (χ4n) is 2.08. The predicted molar refractivity (Wildman–Crippen MR) is 83.3 cm³/mol. The van der Waals surface area contributed by atoms with Gasteiger partial charge in [0.1, 0.15) is 0 Å². The van der Waals surface area contributed by atoms with Gasteiger partial charge in [-0.2, -0.15) is 11.3 Å². The first kappa shape index (κ1) is 13.8. The largest absolute Gasteiger partial charge is 0.310 e. The van der Waals surface area contributed by atoms with E-state index in [4.69, 9.17) is 0 Å². The van der Waals surface area contributed by atoms with Crippen LogP contribution in [-0.2, 0) is 6.42 Å². The van der Waals surface area contributed by atoms with E-state index < -0.39 is 0 Å². The lowest BCUT2D eigenvalue weighted by Crippen LogP contribution is -2.22. The Bertz CT molecular complexity index is 493. The maximum absolute atomic E-state index is 3.57. The minimum atomic E-state index is 0.399. The van der Waals surface area contributed by atoms with Gasteiger partial charge in [0.15, 0.2) is 0 Å². The Hall–Kier alpha value is -0.640. The number of benzene rings is 1. The molecular formula is C15H18BrNS. The molecule has 1 nitrogen and oxygen atoms in total. The van der Waals surface area contributed by atoms with Crippen molar-refractivity contribution in [1.29, 1.82) is 0 Å². The van der Waals surface area contributed by atoms with Crippen LogP contribution in [0.5, 0.6) is 0 Å². The van der Waals surface area contributed by atoms with Gasteiger partial charge in [0.2, 0.25) is 0 Å². The number of halogens is 1. The van der Waals surface area contributed by atoms with Crippen molar-refractivity contribution >= 4 is 27.3 Å². The average molecular weight is 324 g/mol. The summed E-state index contributed by atoms with van der Waals surface area (Å²) in [5.41, 5.74) is 4.07. The van der Waals surface area contributed by atoms with Gasteiger partial charge in [0.05, 0.1) is 0 Å². The lowest BCUT2D eigenvalue weighted by molar-refractivity contribution is 0.550. The summed E-state index contributed by atoms with van der Waals surface area (Å²) < 4.78 is 1.18. The zero-order chi connectivity index (χ0) is 13.0. The van der Waals surface area contributed by atoms with Gasteiger partial charge in [-0.25, -0.2) is 0 Å². The Labute approximate surface area is 121 Å². The Morgan fingerprint density at radius 1 is 1.33 bits per heavy atom. The van der Waals surface area contributed by atoms with E-state index in [-0.39, 0.29) is 0 Å². The van der Waals surface area contributed by atoms with Gasteiger partial charge in [0.25, 0.3) is 0 Å². The summed E-state index contributed by atoms with van der Waals surface area (Å²) in [5.74, 6) is 0. The fourth-order valence-corrected chi connectivity index (χ4v) is 3.01. The van der Waals surface area contributed by atoms with E-state index in [9.17, 15) is 0 Å². The zero-order valence-corrected chi connectivity index (χ0v) is 13.1. The van der Waals surface area contributed by atoms with Crippen molar-refractivity contribution in [2.45, 2.75) is 26.3 Å². The Morgan fingerprint density at radius 3 is 2.78 bits per heavy atom. The Balaban J connectivity index is 2.20. The van der Waals surface area contributed by atoms with Gasteiger partial charge in [0, 0.05) is 10.5 Å². The normalized spacial score (nSPS) is 12.6. The van der Waals surface area contributed by atoms with Gasteiger partial charge in [-0.15, -0.1) is 0 Å². The van der Waals surface area contributed by atoms with E-state index in [1.165, 1.54) is 21.2 Å². The quantitative estimate of drug-likeness (QED) is 0.840. The van der Waals surface area contributed by atoms with E-state index in [0.29, 0.717) is 6.04 Å². The predicted octanol–water partition coefficient (Wildman–Crippen LogP) is 4.71. The van der Waals surface area contributed by atoms with Gasteiger partial charge < -0.3 is 5.32 Å². The van der Waals surface area contributed by atoms with Crippen LogP contribution < -0.4 is 5.32 Å². The Kier molecular flexibility index (Phi) is 4.98. The molecule has 0 saturated carbocycles. The smallest absolute Gasteiger partial charge is 0.0361 e. The van der Waals surface area contributed by atoms with Gasteiger partial charge in [-0.1, -0.05) is 35.0 Å². The maximum atomic E-state index is 3.57. The van der Waals surface area contributed by atoms with Crippen molar-refractivity contribution in [1.82, 2.24) is 5.32 Å². The zero-order valence-electron chi connectivity index (χ0n) is 10.7. The molecule has 1 aromatic carbocycles. The molecule has 0 saturated heterocycles. The average Bonchev–Trinajstić information content (AvgIpc) is 2.85. The fraction of sp³-hybridized carbons (Fsp3) is 0.333. The van der Waals surface area contributed by atoms with Gasteiger partial charge >= 0.3 is 0 Å². The van der Waals surface area contributed by atoms with Crippen LogP contribution in [0.3, 0.4) is 0 Å². The van der Waals surface area contributed by atoms with Crippen LogP contribution >= 0.6 is 27.3 Å². The van der Waals surface area contributed by atoms with Crippen molar-refractivity contribution in [2.24, 2.45) is 0 Å². The molecule has 3 heteroatoms. The van der Waals surface area contributed by atoms with Crippen LogP contribution in [0.4, 0.5) is 0 Å². The van der Waals surface area contributed by atoms with Crippen LogP contribution in [0.25, 0.3) is 0 Å². The second-order valence-electron chi connectivity index (χ2n) is 4.45. The molecule has 0 spiro atoms. The lowest BCUT2D eigenvalue weighted by Gasteiger charge is -2.18. The van der Waals surface area contributed by atoms with Crippen LogP contribution in [0.2, 0.25) is 0 Å². The highest BCUT2D eigenvalue weighted by Crippen LogP contribution is 2.24. The molecule has 1 N–H and O–H groups in total. The number of thiophene rings is 1. The number of likely N-dealkylation sites (N-methyl/N-ethyl adjacent to an activating group) is 1. The molecule has 0 aliphatic carbocycles. The molecular weight excluding hydrogens is 306 g/mol. The summed E-state index contributed by atoms with van der Waals surface area (Å²) in [6.45, 7) is 5.29. The highest BCUT2D eigenvalue weighted by Gasteiger charge is 2.12. The molecule has 18 heavy (non-hydrogen) atoms. The summed E-state index contributed by atoms with van der Waals surface area (Å²) in [6.07, 6.45) is 1.05. The van der Waals surface area contributed by atoms with Crippen LogP contribution in [0.1, 0.15) is 29.7 Å². The summed E-state index contributed by atoms with van der Waals surface area (Å²) in [4.78, 5) is 0. The number of rotatable bonds is 5. The third-order valence-electron chi connectivity index (χ3n) is 3.05. The van der Waals surface area contributed by atoms with Crippen LogP contribution in [-0.4, -0.2) is 6.54 Å². The summed E-state index contributed by atoms with van der Waals surface area (Å²) in [6, 6.07) is 9.22. The minimum Gasteiger partial charge on any atom is -0.310 e. The van der Waals surface area contributed by atoms with Crippen LogP contribution in [0.15, 0.2) is 39.5 Å². The maximum Gasteiger partial charge on any atom is 0.0361 e. The van der Waals surface area contributed by atoms with Crippen molar-refractivity contribution in [2.75, 3.05) is 6.54 Å². The molecule has 1 atom stereocenters. The highest BCUT2D eigenvalue weighted by molar-refractivity contribution is 9.10. The molecule has 2 aromatic rings. The second kappa shape index (κ2) is 6.50. The SMILES string of the molecule is CCNC(Cc1ccsc1)c1ccc(Br)c(C)c1. The number of nitrogens with one attached hydrogen (secondary N) is 1. The van der Waals surface area contributed by atoms with E-state index in [1.807, 2.05) is 0 Å². The summed E-state index contributed by atoms with van der Waals surface area (Å²) >= 11 is 5.32. The van der Waals surface area contributed by atoms with E-state index in [0.717, 1.165) is 13.0 Å². The molecule has 1 heterocycles. The molecule has 2 rings (SSSR count). The molecule has 0 fully saturated rings. The first-order valence-electron chi connectivity index (χ1n) is 6.21. The topological polar surface area (TPSA) is 12.0 Å². The summed E-state index contributed by atoms with van der Waals surface area (Å²) in [7, 11) is 0. The molecule has 0 radical (unpaired) electrons. The van der Waals surface area contributed by atoms with Gasteiger partial charge in [-0.05, 0) is 59.5 Å². The molecule has 1 aromatic heterocycles. The van der Waals surface area contributed by atoms with E-state index in [2.05, 4.69) is 70.1 Å². The molecule has 0 aliphatic heterocycles. The van der Waals surface area contributed by atoms with Crippen molar-refractivity contribution < 1.29 is 0 Å². The standard InChI is InChI=1S/C15H18BrNS/c1-3-17-15(9-12-6-7-18-10-12)13-4-5-14(16)11(2)8-13/h4-8,10,15,17H,3,9H2,1-2H3. The van der Waals surface area contributed by atoms with E-state index >= 15 is 0 Å². The summed E-state index contributed by atoms with van der Waals surface area (Å²) in [5, 5.41) is 7.95. The van der Waals surface area contributed by atoms with Crippen molar-refractivity contribution in [3.05, 3.63) is 56.2 Å². The van der Waals surface area contributed by atoms with Crippen LogP contribution in [0, 0.1) is 6.92 Å². The van der Waals surface area contributed by atoms with E-state index in [1.54, 1.807) is 11.3 Å². The van der Waals surface area contributed by atoms with Gasteiger partial charge in [-0.3, -0.25) is 0 Å². The van der Waals surface area contributed by atoms with Crippen molar-refractivity contribution in [3.63, 3.8) is 0 Å². The number of hydrogen-bond acceptors (Lipinski definition) is 2. The van der Waals surface area contributed by atoms with Crippen molar-refractivity contribution in [3.8, 4) is 0 Å². The molecule has 96 valence electrons. The Morgan fingerprint density at radius 2 is 2.17 bits per heavy atom. The highest BCUT2D eigenvalue weighted by atomic mass is 79.9. The molecule has 0 bridgehead atoms. The first-order valence-corrected chi connectivity index (χ1v) is 7.94. The second-order valence-corrected chi connectivity index (χ2v) is 6.09. The molecule has 1 unspecified atom stereocenters. The first-order chi connectivity index (χ1) is 8.70. The number of hydrogen-bond donors (Lipinski definition) is 1. The third-order valence-corrected chi connectivity index (χ3v) is 4.68. The molecule has 0 aliphatic rings. The lowest BCUT2D eigenvalue weighted by atomic mass is 9.99. The monoisotopic (exact) mass is 323 g/mol. The third kappa shape index (κ3) is 3.44. The minimum absolute atomic E-state index is 0.399. The number of aryl methyl sites for hydroxylation is 1.